The third-order valence-corrected chi connectivity index (χ3v) is 8.99. The molecule has 1 heterocycles. The molecule has 10 heteroatoms. The number of allylic oxidation sites excluding steroid dienone is 3. The van der Waals surface area contributed by atoms with Gasteiger partial charge >= 0.3 is 6.18 Å². The summed E-state index contributed by atoms with van der Waals surface area (Å²) in [6.07, 6.45) is -4.10. The van der Waals surface area contributed by atoms with Crippen molar-refractivity contribution in [2.75, 3.05) is 4.90 Å². The quantitative estimate of drug-likeness (QED) is 0.290. The summed E-state index contributed by atoms with van der Waals surface area (Å²) in [6, 6.07) is 16.5. The highest BCUT2D eigenvalue weighted by Gasteiger charge is 2.46. The first-order valence-corrected chi connectivity index (χ1v) is 15.1. The fourth-order valence-electron chi connectivity index (χ4n) is 6.03. The second-order valence-electron chi connectivity index (χ2n) is 12.0. The molecule has 1 aliphatic heterocycles. The zero-order chi connectivity index (χ0) is 32.1. The molecule has 0 saturated carbocycles. The molecule has 0 aromatic heterocycles. The number of ketones is 1. The van der Waals surface area contributed by atoms with Gasteiger partial charge in [-0.05, 0) is 90.4 Å². The Kier molecular flexibility index (Phi) is 8.38. The number of carbonyl (C=O) groups is 1. The van der Waals surface area contributed by atoms with E-state index in [9.17, 15) is 23.2 Å². The van der Waals surface area contributed by atoms with Crippen LogP contribution >= 0.6 is 27.5 Å². The average molecular weight is 685 g/mol. The van der Waals surface area contributed by atoms with E-state index in [0.717, 1.165) is 39.4 Å². The van der Waals surface area contributed by atoms with Crippen molar-refractivity contribution in [2.24, 2.45) is 11.1 Å². The number of ether oxygens (including phenoxy) is 1. The van der Waals surface area contributed by atoms with Crippen LogP contribution in [0.1, 0.15) is 60.4 Å². The molecule has 5 rings (SSSR count). The number of nitrogens with two attached hydrogens (primary N) is 1. The van der Waals surface area contributed by atoms with Crippen LogP contribution in [0.25, 0.3) is 0 Å². The Bertz CT molecular complexity index is 1770. The fraction of sp³-hybridized carbons (Fsp3) is 0.294. The lowest BCUT2D eigenvalue weighted by Crippen LogP contribution is -2.42. The lowest BCUT2D eigenvalue weighted by atomic mass is 9.68. The van der Waals surface area contributed by atoms with E-state index in [1.807, 2.05) is 64.1 Å². The van der Waals surface area contributed by atoms with Gasteiger partial charge < -0.3 is 10.5 Å². The van der Waals surface area contributed by atoms with E-state index in [0.29, 0.717) is 29.0 Å². The molecule has 1 unspecified atom stereocenters. The van der Waals surface area contributed by atoms with Crippen LogP contribution in [0.5, 0.6) is 5.75 Å². The highest BCUT2D eigenvalue weighted by atomic mass is 79.9. The Morgan fingerprint density at radius 2 is 1.77 bits per heavy atom. The molecular formula is C34H30BrClF3N3O2. The van der Waals surface area contributed by atoms with Crippen LogP contribution in [-0.2, 0) is 17.6 Å². The Hall–Kier alpha value is -3.74. The number of Topliss-reactive ketones (excluding diaryl/α,β-unsaturated/α-hetero) is 1. The lowest BCUT2D eigenvalue weighted by molar-refractivity contribution is -0.137. The van der Waals surface area contributed by atoms with E-state index in [-0.39, 0.29) is 40.9 Å². The maximum atomic E-state index is 14.0. The third kappa shape index (κ3) is 5.98. The van der Waals surface area contributed by atoms with Gasteiger partial charge in [-0.15, -0.1) is 0 Å². The number of nitriles is 1. The minimum atomic E-state index is -4.64. The molecule has 2 N–H and O–H groups in total. The summed E-state index contributed by atoms with van der Waals surface area (Å²) >= 11 is 9.91. The van der Waals surface area contributed by atoms with Gasteiger partial charge in [0.25, 0.3) is 0 Å². The number of hydrogen-bond donors (Lipinski definition) is 1. The van der Waals surface area contributed by atoms with Crippen LogP contribution in [0.2, 0.25) is 5.02 Å². The van der Waals surface area contributed by atoms with Crippen LogP contribution in [0, 0.1) is 30.6 Å². The summed E-state index contributed by atoms with van der Waals surface area (Å²) in [5.41, 5.74) is 9.47. The smallest absolute Gasteiger partial charge is 0.416 e. The Balaban J connectivity index is 1.69. The molecule has 2 aliphatic rings. The van der Waals surface area contributed by atoms with Crippen molar-refractivity contribution in [3.8, 4) is 11.8 Å². The van der Waals surface area contributed by atoms with Gasteiger partial charge in [0, 0.05) is 22.2 Å². The number of benzene rings is 3. The minimum absolute atomic E-state index is 0.0123. The van der Waals surface area contributed by atoms with Gasteiger partial charge in [-0.3, -0.25) is 9.69 Å². The monoisotopic (exact) mass is 683 g/mol. The predicted octanol–water partition coefficient (Wildman–Crippen LogP) is 9.26. The second-order valence-corrected chi connectivity index (χ2v) is 13.3. The molecule has 228 valence electrons. The van der Waals surface area contributed by atoms with Gasteiger partial charge in [0.2, 0.25) is 0 Å². The lowest BCUT2D eigenvalue weighted by Gasteiger charge is -2.44. The van der Waals surface area contributed by atoms with Crippen LogP contribution in [0.4, 0.5) is 18.9 Å². The van der Waals surface area contributed by atoms with E-state index in [2.05, 4.69) is 22.0 Å². The van der Waals surface area contributed by atoms with Crippen molar-refractivity contribution in [3.05, 3.63) is 115 Å². The zero-order valence-corrected chi connectivity index (χ0v) is 26.9. The van der Waals surface area contributed by atoms with Gasteiger partial charge in [-0.1, -0.05) is 53.5 Å². The van der Waals surface area contributed by atoms with E-state index < -0.39 is 23.1 Å². The van der Waals surface area contributed by atoms with Crippen LogP contribution in [0.15, 0.2) is 81.7 Å². The highest BCUT2D eigenvalue weighted by Crippen LogP contribution is 2.52. The van der Waals surface area contributed by atoms with E-state index in [1.54, 1.807) is 0 Å². The largest absolute Gasteiger partial charge is 0.489 e. The van der Waals surface area contributed by atoms with Crippen molar-refractivity contribution in [1.82, 2.24) is 0 Å². The van der Waals surface area contributed by atoms with Gasteiger partial charge in [0.1, 0.15) is 18.2 Å². The topological polar surface area (TPSA) is 79.4 Å². The predicted molar refractivity (Wildman–Crippen MR) is 168 cm³/mol. The van der Waals surface area contributed by atoms with Crippen molar-refractivity contribution >= 4 is 39.0 Å². The summed E-state index contributed by atoms with van der Waals surface area (Å²) in [4.78, 5) is 15.4. The van der Waals surface area contributed by atoms with Crippen LogP contribution in [0.3, 0.4) is 0 Å². The molecule has 0 bridgehead atoms. The molecule has 0 saturated heterocycles. The number of rotatable bonds is 5. The van der Waals surface area contributed by atoms with Crippen LogP contribution in [-0.4, -0.2) is 5.78 Å². The highest BCUT2D eigenvalue weighted by molar-refractivity contribution is 9.10. The maximum absolute atomic E-state index is 14.0. The Morgan fingerprint density at radius 3 is 2.41 bits per heavy atom. The Morgan fingerprint density at radius 1 is 1.09 bits per heavy atom. The standard InChI is InChI=1S/C34H30BrClF3N3O2/c1-18-11-19(2)24(12-20(18)17-44-23-8-6-22(35)7-9-23)30-25(16-40)32(41)42(28-14-33(3,4)15-29(43)31(28)30)27-13-21(34(37,38)39)5-10-26(27)36/h5-13,30H,14-15,17,41H2,1-4H3. The summed E-state index contributed by atoms with van der Waals surface area (Å²) in [5, 5.41) is 10.5. The number of alkyl halides is 3. The number of nitrogens with zero attached hydrogens (tertiary/aromatic N) is 2. The molecule has 1 atom stereocenters. The van der Waals surface area contributed by atoms with E-state index in [4.69, 9.17) is 22.1 Å². The third-order valence-electron chi connectivity index (χ3n) is 8.14. The number of aryl methyl sites for hydroxylation is 2. The molecule has 5 nitrogen and oxygen atoms in total. The van der Waals surface area contributed by atoms with Gasteiger partial charge in [0.05, 0.1) is 33.8 Å². The minimum Gasteiger partial charge on any atom is -0.489 e. The number of halogens is 5. The molecule has 44 heavy (non-hydrogen) atoms. The summed E-state index contributed by atoms with van der Waals surface area (Å²) < 4.78 is 48.3. The summed E-state index contributed by atoms with van der Waals surface area (Å²) in [5.74, 6) is -0.387. The molecule has 1 aliphatic carbocycles. The van der Waals surface area contributed by atoms with Crippen molar-refractivity contribution in [1.29, 1.82) is 5.26 Å². The first-order valence-electron chi connectivity index (χ1n) is 13.9. The molecule has 0 spiro atoms. The summed E-state index contributed by atoms with van der Waals surface area (Å²) in [6.45, 7) is 7.95. The van der Waals surface area contributed by atoms with Crippen molar-refractivity contribution < 1.29 is 22.7 Å². The molecule has 0 fully saturated rings. The normalized spacial score (nSPS) is 18.3. The van der Waals surface area contributed by atoms with Crippen molar-refractivity contribution in [3.63, 3.8) is 0 Å². The van der Waals surface area contributed by atoms with Gasteiger partial charge in [0.15, 0.2) is 5.78 Å². The first kappa shape index (κ1) is 31.7. The molecule has 3 aromatic rings. The fourth-order valence-corrected chi connectivity index (χ4v) is 6.50. The van der Waals surface area contributed by atoms with E-state index in [1.165, 1.54) is 4.90 Å². The number of anilines is 1. The molecule has 0 radical (unpaired) electrons. The van der Waals surface area contributed by atoms with Crippen molar-refractivity contribution in [2.45, 2.75) is 59.2 Å². The Labute approximate surface area is 267 Å². The van der Waals surface area contributed by atoms with Crippen LogP contribution < -0.4 is 15.4 Å². The zero-order valence-electron chi connectivity index (χ0n) is 24.6. The summed E-state index contributed by atoms with van der Waals surface area (Å²) in [7, 11) is 0. The maximum Gasteiger partial charge on any atom is 0.416 e. The number of hydrogen-bond acceptors (Lipinski definition) is 5. The van der Waals surface area contributed by atoms with Gasteiger partial charge in [-0.2, -0.15) is 18.4 Å². The number of carbonyl (C=O) groups excluding carboxylic acids is 1. The van der Waals surface area contributed by atoms with E-state index >= 15 is 0 Å². The molecule has 0 amide bonds. The second kappa shape index (κ2) is 11.6. The van der Waals surface area contributed by atoms with Gasteiger partial charge in [-0.25, -0.2) is 0 Å². The molecule has 3 aromatic carbocycles. The first-order chi connectivity index (χ1) is 20.6. The SMILES string of the molecule is Cc1cc(C)c(C2C(C#N)=C(N)N(c3cc(C(F)(F)F)ccc3Cl)C3=C2C(=O)CC(C)(C)C3)cc1COc1ccc(Br)cc1. The average Bonchev–Trinajstić information content (AvgIpc) is 2.92. The molecular weight excluding hydrogens is 655 g/mol.